The topological polar surface area (TPSA) is 21.3 Å². The Labute approximate surface area is 130 Å². The second-order valence-electron chi connectivity index (χ2n) is 5.72. The average Bonchev–Trinajstić information content (AvgIpc) is 2.96. The van der Waals surface area contributed by atoms with Gasteiger partial charge in [0.05, 0.1) is 5.02 Å². The summed E-state index contributed by atoms with van der Waals surface area (Å²) in [5, 5.41) is 4.29. The van der Waals surface area contributed by atoms with Gasteiger partial charge < -0.3 is 10.1 Å². The maximum absolute atomic E-state index is 6.38. The third-order valence-corrected chi connectivity index (χ3v) is 5.53. The van der Waals surface area contributed by atoms with Crippen LogP contribution in [0.5, 0.6) is 5.75 Å². The molecule has 0 amide bonds. The summed E-state index contributed by atoms with van der Waals surface area (Å²) in [6.45, 7) is 1.15. The lowest BCUT2D eigenvalue weighted by molar-refractivity contribution is 0.211. The summed E-state index contributed by atoms with van der Waals surface area (Å²) in [6, 6.07) is 6.91. The lowest BCUT2D eigenvalue weighted by atomic mass is 10.0. The lowest BCUT2D eigenvalue weighted by Gasteiger charge is -2.23. The molecule has 1 N–H and O–H groups in total. The van der Waals surface area contributed by atoms with E-state index in [1.807, 2.05) is 17.8 Å². The highest BCUT2D eigenvalue weighted by molar-refractivity contribution is 7.99. The van der Waals surface area contributed by atoms with Crippen LogP contribution >= 0.6 is 23.4 Å². The molecule has 0 aliphatic carbocycles. The van der Waals surface area contributed by atoms with Gasteiger partial charge in [0, 0.05) is 11.8 Å². The minimum absolute atomic E-state index is 0.327. The molecule has 3 rings (SSSR count). The molecule has 0 saturated carbocycles. The number of rotatable bonds is 4. The van der Waals surface area contributed by atoms with Crippen LogP contribution in [-0.4, -0.2) is 30.2 Å². The van der Waals surface area contributed by atoms with Crippen LogP contribution in [0.25, 0.3) is 0 Å². The van der Waals surface area contributed by atoms with Crippen LogP contribution in [0.3, 0.4) is 0 Å². The van der Waals surface area contributed by atoms with Crippen LogP contribution in [0.15, 0.2) is 18.2 Å². The fraction of sp³-hybridized carbons (Fsp3) is 0.625. The van der Waals surface area contributed by atoms with Crippen molar-refractivity contribution in [2.24, 2.45) is 0 Å². The molecule has 2 fully saturated rings. The van der Waals surface area contributed by atoms with Crippen LogP contribution < -0.4 is 10.1 Å². The van der Waals surface area contributed by atoms with Gasteiger partial charge in [0.1, 0.15) is 11.9 Å². The van der Waals surface area contributed by atoms with E-state index in [0.29, 0.717) is 12.1 Å². The minimum Gasteiger partial charge on any atom is -0.488 e. The van der Waals surface area contributed by atoms with Crippen molar-refractivity contribution in [2.75, 3.05) is 18.1 Å². The van der Waals surface area contributed by atoms with Crippen molar-refractivity contribution in [2.45, 2.75) is 44.2 Å². The third kappa shape index (κ3) is 3.84. The van der Waals surface area contributed by atoms with Crippen molar-refractivity contribution in [1.29, 1.82) is 0 Å². The molecule has 2 nitrogen and oxygen atoms in total. The number of thioether (sulfide) groups is 1. The van der Waals surface area contributed by atoms with Gasteiger partial charge in [0.15, 0.2) is 0 Å². The summed E-state index contributed by atoms with van der Waals surface area (Å²) in [5.41, 5.74) is 1.31. The van der Waals surface area contributed by atoms with Gasteiger partial charge >= 0.3 is 0 Å². The molecule has 2 aliphatic heterocycles. The number of ether oxygens (including phenoxy) is 1. The molecule has 4 heteroatoms. The Morgan fingerprint density at radius 2 is 2.25 bits per heavy atom. The Morgan fingerprint density at radius 1 is 1.30 bits per heavy atom. The highest BCUT2D eigenvalue weighted by Gasteiger charge is 2.18. The fourth-order valence-electron chi connectivity index (χ4n) is 2.97. The fourth-order valence-corrected chi connectivity index (χ4v) is 4.25. The standard InChI is InChI=1S/C16H22ClNOS/c17-15-10-12(9-13-3-1-7-18-13)5-6-16(15)19-14-4-2-8-20-11-14/h5-6,10,13-14,18H,1-4,7-9,11H2. The molecular weight excluding hydrogens is 290 g/mol. The van der Waals surface area contributed by atoms with Gasteiger partial charge in [-0.1, -0.05) is 17.7 Å². The van der Waals surface area contributed by atoms with E-state index in [1.165, 1.54) is 30.6 Å². The molecule has 0 bridgehead atoms. The Hall–Kier alpha value is -0.380. The van der Waals surface area contributed by atoms with Crippen molar-refractivity contribution >= 4 is 23.4 Å². The Balaban J connectivity index is 1.60. The van der Waals surface area contributed by atoms with E-state index in [-0.39, 0.29) is 0 Å². The second-order valence-corrected chi connectivity index (χ2v) is 7.28. The van der Waals surface area contributed by atoms with Gasteiger partial charge in [0.2, 0.25) is 0 Å². The summed E-state index contributed by atoms with van der Waals surface area (Å²) < 4.78 is 6.04. The van der Waals surface area contributed by atoms with E-state index >= 15 is 0 Å². The van der Waals surface area contributed by atoms with Crippen molar-refractivity contribution in [3.05, 3.63) is 28.8 Å². The minimum atomic E-state index is 0.327. The molecule has 2 aliphatic rings. The van der Waals surface area contributed by atoms with E-state index in [2.05, 4.69) is 17.4 Å². The predicted molar refractivity (Wildman–Crippen MR) is 87.2 cm³/mol. The Morgan fingerprint density at radius 3 is 2.95 bits per heavy atom. The predicted octanol–water partition coefficient (Wildman–Crippen LogP) is 3.91. The van der Waals surface area contributed by atoms with Gasteiger partial charge in [-0.15, -0.1) is 0 Å². The van der Waals surface area contributed by atoms with Crippen molar-refractivity contribution in [3.8, 4) is 5.75 Å². The lowest BCUT2D eigenvalue weighted by Crippen LogP contribution is -2.24. The number of hydrogen-bond donors (Lipinski definition) is 1. The van der Waals surface area contributed by atoms with E-state index in [1.54, 1.807) is 0 Å². The third-order valence-electron chi connectivity index (χ3n) is 4.05. The highest BCUT2D eigenvalue weighted by Crippen LogP contribution is 2.30. The maximum atomic E-state index is 6.38. The zero-order chi connectivity index (χ0) is 13.8. The molecule has 2 unspecified atom stereocenters. The largest absolute Gasteiger partial charge is 0.488 e. The SMILES string of the molecule is Clc1cc(CC2CCCN2)ccc1OC1CCCSC1. The zero-order valence-corrected chi connectivity index (χ0v) is 13.3. The summed E-state index contributed by atoms with van der Waals surface area (Å²) in [5.74, 6) is 3.20. The normalized spacial score (nSPS) is 26.6. The van der Waals surface area contributed by atoms with Gasteiger partial charge in [0.25, 0.3) is 0 Å². The van der Waals surface area contributed by atoms with Crippen LogP contribution in [0.4, 0.5) is 0 Å². The Kier molecular flexibility index (Phi) is 5.14. The Bertz CT molecular complexity index is 442. The van der Waals surface area contributed by atoms with Gasteiger partial charge in [-0.05, 0) is 62.1 Å². The number of nitrogens with one attached hydrogen (secondary N) is 1. The average molecular weight is 312 g/mol. The maximum Gasteiger partial charge on any atom is 0.138 e. The van der Waals surface area contributed by atoms with Crippen molar-refractivity contribution < 1.29 is 4.74 Å². The zero-order valence-electron chi connectivity index (χ0n) is 11.7. The molecule has 110 valence electrons. The smallest absolute Gasteiger partial charge is 0.138 e. The van der Waals surface area contributed by atoms with E-state index < -0.39 is 0 Å². The number of hydrogen-bond acceptors (Lipinski definition) is 3. The second kappa shape index (κ2) is 7.06. The quantitative estimate of drug-likeness (QED) is 0.911. The molecule has 20 heavy (non-hydrogen) atoms. The van der Waals surface area contributed by atoms with Crippen molar-refractivity contribution in [1.82, 2.24) is 5.32 Å². The van der Waals surface area contributed by atoms with Crippen LogP contribution in [-0.2, 0) is 6.42 Å². The molecule has 0 aromatic heterocycles. The molecular formula is C16H22ClNOS. The highest BCUT2D eigenvalue weighted by atomic mass is 35.5. The first-order valence-electron chi connectivity index (χ1n) is 7.57. The number of halogens is 1. The van der Waals surface area contributed by atoms with Crippen molar-refractivity contribution in [3.63, 3.8) is 0 Å². The monoisotopic (exact) mass is 311 g/mol. The molecule has 1 aromatic carbocycles. The number of benzene rings is 1. The van der Waals surface area contributed by atoms with Crippen LogP contribution in [0.2, 0.25) is 5.02 Å². The van der Waals surface area contributed by atoms with Crippen LogP contribution in [0, 0.1) is 0 Å². The van der Waals surface area contributed by atoms with Gasteiger partial charge in [-0.25, -0.2) is 0 Å². The first-order valence-corrected chi connectivity index (χ1v) is 9.11. The van der Waals surface area contributed by atoms with E-state index in [9.17, 15) is 0 Å². The summed E-state index contributed by atoms with van der Waals surface area (Å²) in [6.07, 6.45) is 6.36. The molecule has 2 atom stereocenters. The van der Waals surface area contributed by atoms with E-state index in [0.717, 1.165) is 35.9 Å². The van der Waals surface area contributed by atoms with E-state index in [4.69, 9.17) is 16.3 Å². The molecule has 0 radical (unpaired) electrons. The first kappa shape index (κ1) is 14.6. The van der Waals surface area contributed by atoms with Gasteiger partial charge in [-0.3, -0.25) is 0 Å². The molecule has 0 spiro atoms. The summed E-state index contributed by atoms with van der Waals surface area (Å²) in [7, 11) is 0. The molecule has 2 saturated heterocycles. The first-order chi connectivity index (χ1) is 9.81. The molecule has 1 aromatic rings. The summed E-state index contributed by atoms with van der Waals surface area (Å²) >= 11 is 8.36. The molecule has 2 heterocycles. The summed E-state index contributed by atoms with van der Waals surface area (Å²) in [4.78, 5) is 0. The van der Waals surface area contributed by atoms with Gasteiger partial charge in [-0.2, -0.15) is 11.8 Å². The van der Waals surface area contributed by atoms with Crippen LogP contribution in [0.1, 0.15) is 31.2 Å².